The molecule has 0 fully saturated rings. The molecule has 1 heterocycles. The number of ether oxygens (including phenoxy) is 1. The first-order valence-electron chi connectivity index (χ1n) is 5.30. The summed E-state index contributed by atoms with van der Waals surface area (Å²) >= 11 is 0. The fourth-order valence-electron chi connectivity index (χ4n) is 1.63. The third-order valence-electron chi connectivity index (χ3n) is 2.58. The summed E-state index contributed by atoms with van der Waals surface area (Å²) in [5.74, 6) is 0.788. The van der Waals surface area contributed by atoms with Gasteiger partial charge in [0.15, 0.2) is 0 Å². The highest BCUT2D eigenvalue weighted by molar-refractivity contribution is 7.89. The number of methoxy groups -OCH3 is 1. The van der Waals surface area contributed by atoms with Crippen LogP contribution in [0.1, 0.15) is 5.56 Å². The van der Waals surface area contributed by atoms with Gasteiger partial charge in [-0.1, -0.05) is 12.1 Å². The van der Waals surface area contributed by atoms with E-state index in [1.807, 2.05) is 24.3 Å². The quantitative estimate of drug-likeness (QED) is 0.903. The lowest BCUT2D eigenvalue weighted by molar-refractivity contribution is 0.414. The molecular weight excluding hydrogens is 252 g/mol. The lowest BCUT2D eigenvalue weighted by Gasteiger charge is -2.04. The maximum absolute atomic E-state index is 11.1. The van der Waals surface area contributed by atoms with Gasteiger partial charge in [-0.05, 0) is 23.8 Å². The first-order valence-corrected chi connectivity index (χ1v) is 6.85. The standard InChI is InChI=1S/C12H14N2O3S/c1-17-11-4-2-10(3-5-11)8-14-7-6-12(9-14)18(13,15)16/h2-7,9H,8H2,1H3,(H2,13,15,16). The second-order valence-electron chi connectivity index (χ2n) is 3.91. The molecule has 0 saturated heterocycles. The van der Waals surface area contributed by atoms with Crippen molar-refractivity contribution in [2.75, 3.05) is 7.11 Å². The molecule has 1 aromatic heterocycles. The van der Waals surface area contributed by atoms with Crippen molar-refractivity contribution in [2.45, 2.75) is 11.4 Å². The third-order valence-corrected chi connectivity index (χ3v) is 3.47. The first kappa shape index (κ1) is 12.7. The van der Waals surface area contributed by atoms with Crippen molar-refractivity contribution in [1.82, 2.24) is 4.57 Å². The van der Waals surface area contributed by atoms with E-state index in [1.165, 1.54) is 12.3 Å². The number of hydrogen-bond donors (Lipinski definition) is 1. The zero-order valence-corrected chi connectivity index (χ0v) is 10.7. The molecule has 2 aromatic rings. The number of benzene rings is 1. The fourth-order valence-corrected chi connectivity index (χ4v) is 2.16. The molecule has 0 amide bonds. The summed E-state index contributed by atoms with van der Waals surface area (Å²) in [7, 11) is -2.02. The van der Waals surface area contributed by atoms with Gasteiger partial charge in [0.1, 0.15) is 5.75 Å². The van der Waals surface area contributed by atoms with Crippen molar-refractivity contribution in [1.29, 1.82) is 0 Å². The molecular formula is C12H14N2O3S. The summed E-state index contributed by atoms with van der Waals surface area (Å²) in [6.45, 7) is 0.583. The molecule has 0 bridgehead atoms. The highest BCUT2D eigenvalue weighted by atomic mass is 32.2. The Morgan fingerprint density at radius 2 is 1.89 bits per heavy atom. The van der Waals surface area contributed by atoms with Crippen LogP contribution in [0.25, 0.3) is 0 Å². The van der Waals surface area contributed by atoms with Crippen LogP contribution in [-0.2, 0) is 16.6 Å². The van der Waals surface area contributed by atoms with Crippen LogP contribution in [0, 0.1) is 0 Å². The summed E-state index contributed by atoms with van der Waals surface area (Å²) in [5.41, 5.74) is 1.05. The van der Waals surface area contributed by atoms with Gasteiger partial charge in [-0.25, -0.2) is 13.6 Å². The Morgan fingerprint density at radius 1 is 1.22 bits per heavy atom. The van der Waals surface area contributed by atoms with E-state index in [-0.39, 0.29) is 4.90 Å². The molecule has 0 aliphatic carbocycles. The Balaban J connectivity index is 2.16. The smallest absolute Gasteiger partial charge is 0.239 e. The van der Waals surface area contributed by atoms with Crippen LogP contribution in [-0.4, -0.2) is 20.1 Å². The van der Waals surface area contributed by atoms with Crippen LogP contribution >= 0.6 is 0 Å². The Hall–Kier alpha value is -1.79. The Bertz CT molecular complexity index is 630. The van der Waals surface area contributed by atoms with Gasteiger partial charge in [0, 0.05) is 18.9 Å². The molecule has 0 aliphatic rings. The van der Waals surface area contributed by atoms with Gasteiger partial charge >= 0.3 is 0 Å². The number of nitrogens with zero attached hydrogens (tertiary/aromatic N) is 1. The Labute approximate surface area is 106 Å². The van der Waals surface area contributed by atoms with Crippen LogP contribution in [0.5, 0.6) is 5.75 Å². The van der Waals surface area contributed by atoms with Gasteiger partial charge < -0.3 is 9.30 Å². The predicted molar refractivity (Wildman–Crippen MR) is 67.9 cm³/mol. The SMILES string of the molecule is COc1ccc(Cn2ccc(S(N)(=O)=O)c2)cc1. The molecule has 2 rings (SSSR count). The minimum Gasteiger partial charge on any atom is -0.497 e. The van der Waals surface area contributed by atoms with Crippen LogP contribution in [0.15, 0.2) is 47.6 Å². The number of primary sulfonamides is 1. The van der Waals surface area contributed by atoms with Gasteiger partial charge in [0.25, 0.3) is 0 Å². The van der Waals surface area contributed by atoms with Crippen LogP contribution < -0.4 is 9.88 Å². The number of nitrogens with two attached hydrogens (primary N) is 1. The molecule has 0 aliphatic heterocycles. The van der Waals surface area contributed by atoms with E-state index in [0.717, 1.165) is 11.3 Å². The average Bonchev–Trinajstić information content (AvgIpc) is 2.78. The van der Waals surface area contributed by atoms with Crippen molar-refractivity contribution in [2.24, 2.45) is 5.14 Å². The number of aromatic nitrogens is 1. The summed E-state index contributed by atoms with van der Waals surface area (Å²) in [6, 6.07) is 9.06. The summed E-state index contributed by atoms with van der Waals surface area (Å²) in [4.78, 5) is 0.121. The monoisotopic (exact) mass is 266 g/mol. The van der Waals surface area contributed by atoms with Crippen LogP contribution in [0.4, 0.5) is 0 Å². The summed E-state index contributed by atoms with van der Waals surface area (Å²) in [6.07, 6.45) is 3.20. The van der Waals surface area contributed by atoms with Crippen molar-refractivity contribution < 1.29 is 13.2 Å². The van der Waals surface area contributed by atoms with E-state index >= 15 is 0 Å². The lowest BCUT2D eigenvalue weighted by atomic mass is 10.2. The second-order valence-corrected chi connectivity index (χ2v) is 5.47. The van der Waals surface area contributed by atoms with Crippen LogP contribution in [0.2, 0.25) is 0 Å². The van der Waals surface area contributed by atoms with E-state index < -0.39 is 10.0 Å². The summed E-state index contributed by atoms with van der Waals surface area (Å²) < 4.78 is 29.1. The van der Waals surface area contributed by atoms with Crippen molar-refractivity contribution in [3.63, 3.8) is 0 Å². The van der Waals surface area contributed by atoms with Crippen molar-refractivity contribution in [3.8, 4) is 5.75 Å². The molecule has 1 aromatic carbocycles. The topological polar surface area (TPSA) is 74.3 Å². The molecule has 0 unspecified atom stereocenters. The normalized spacial score (nSPS) is 11.4. The van der Waals surface area contributed by atoms with Gasteiger partial charge in [0.2, 0.25) is 10.0 Å². The van der Waals surface area contributed by atoms with E-state index in [2.05, 4.69) is 0 Å². The van der Waals surface area contributed by atoms with Gasteiger partial charge in [-0.2, -0.15) is 0 Å². The minimum absolute atomic E-state index is 0.121. The molecule has 0 spiro atoms. The van der Waals surface area contributed by atoms with Crippen molar-refractivity contribution in [3.05, 3.63) is 48.3 Å². The first-order chi connectivity index (χ1) is 8.49. The molecule has 0 radical (unpaired) electrons. The molecule has 18 heavy (non-hydrogen) atoms. The second kappa shape index (κ2) is 4.83. The molecule has 2 N–H and O–H groups in total. The van der Waals surface area contributed by atoms with Crippen LogP contribution in [0.3, 0.4) is 0 Å². The highest BCUT2D eigenvalue weighted by Gasteiger charge is 2.09. The highest BCUT2D eigenvalue weighted by Crippen LogP contribution is 2.14. The molecule has 0 atom stereocenters. The number of rotatable bonds is 4. The van der Waals surface area contributed by atoms with E-state index in [4.69, 9.17) is 9.88 Å². The predicted octanol–water partition coefficient (Wildman–Crippen LogP) is 1.19. The molecule has 0 saturated carbocycles. The fraction of sp³-hybridized carbons (Fsp3) is 0.167. The zero-order chi connectivity index (χ0) is 13.2. The molecule has 96 valence electrons. The van der Waals surface area contributed by atoms with E-state index in [9.17, 15) is 8.42 Å². The summed E-state index contributed by atoms with van der Waals surface area (Å²) in [5, 5.41) is 5.04. The molecule has 5 nitrogen and oxygen atoms in total. The minimum atomic E-state index is -3.63. The lowest BCUT2D eigenvalue weighted by Crippen LogP contribution is -2.11. The number of sulfonamides is 1. The average molecular weight is 266 g/mol. The van der Waals surface area contributed by atoms with Gasteiger partial charge in [0.05, 0.1) is 12.0 Å². The maximum Gasteiger partial charge on any atom is 0.239 e. The van der Waals surface area contributed by atoms with Gasteiger partial charge in [-0.15, -0.1) is 0 Å². The van der Waals surface area contributed by atoms with E-state index in [0.29, 0.717) is 6.54 Å². The Kier molecular flexibility index (Phi) is 3.40. The molecule has 6 heteroatoms. The van der Waals surface area contributed by atoms with Gasteiger partial charge in [-0.3, -0.25) is 0 Å². The third kappa shape index (κ3) is 2.91. The van der Waals surface area contributed by atoms with E-state index in [1.54, 1.807) is 17.9 Å². The largest absolute Gasteiger partial charge is 0.497 e. The Morgan fingerprint density at radius 3 is 2.39 bits per heavy atom. The van der Waals surface area contributed by atoms with Crippen molar-refractivity contribution >= 4 is 10.0 Å². The number of hydrogen-bond acceptors (Lipinski definition) is 3. The zero-order valence-electron chi connectivity index (χ0n) is 9.91. The maximum atomic E-state index is 11.1.